The number of anilines is 1. The summed E-state index contributed by atoms with van der Waals surface area (Å²) >= 11 is 0. The molecule has 0 atom stereocenters. The highest BCUT2D eigenvalue weighted by Gasteiger charge is 2.20. The van der Waals surface area contributed by atoms with E-state index in [2.05, 4.69) is 5.10 Å². The quantitative estimate of drug-likeness (QED) is 0.600. The van der Waals surface area contributed by atoms with Gasteiger partial charge in [-0.25, -0.2) is 4.79 Å². The van der Waals surface area contributed by atoms with Crippen molar-refractivity contribution in [1.82, 2.24) is 0 Å². The summed E-state index contributed by atoms with van der Waals surface area (Å²) in [5.41, 5.74) is 2.56. The summed E-state index contributed by atoms with van der Waals surface area (Å²) in [5.74, 6) is -0.302. The molecule has 0 N–H and O–H groups in total. The molecule has 0 saturated heterocycles. The zero-order chi connectivity index (χ0) is 13.7. The van der Waals surface area contributed by atoms with Crippen molar-refractivity contribution < 1.29 is 14.3 Å². The van der Waals surface area contributed by atoms with Crippen LogP contribution in [0.3, 0.4) is 0 Å². The van der Waals surface area contributed by atoms with Gasteiger partial charge in [0.15, 0.2) is 0 Å². The maximum Gasteiger partial charge on any atom is 0.338 e. The van der Waals surface area contributed by atoms with Crippen molar-refractivity contribution in [3.8, 4) is 0 Å². The summed E-state index contributed by atoms with van der Waals surface area (Å²) in [6.07, 6.45) is 3.36. The molecule has 0 amide bonds. The molecular formula is C14H18N2O3. The molecule has 1 aliphatic heterocycles. The predicted octanol–water partition coefficient (Wildman–Crippen LogP) is 1.86. The van der Waals surface area contributed by atoms with Crippen molar-refractivity contribution in [2.45, 2.75) is 12.8 Å². The SMILES string of the molecule is COCCCN1N=CCc2c(C(=O)OC)cccc21. The number of methoxy groups -OCH3 is 2. The van der Waals surface area contributed by atoms with Crippen molar-refractivity contribution in [2.75, 3.05) is 32.4 Å². The van der Waals surface area contributed by atoms with Gasteiger partial charge in [-0.3, -0.25) is 5.01 Å². The molecule has 0 unspecified atom stereocenters. The van der Waals surface area contributed by atoms with Crippen LogP contribution in [-0.4, -0.2) is 39.6 Å². The molecule has 0 fully saturated rings. The van der Waals surface area contributed by atoms with E-state index in [-0.39, 0.29) is 5.97 Å². The third kappa shape index (κ3) is 2.93. The third-order valence-electron chi connectivity index (χ3n) is 3.07. The Hall–Kier alpha value is -1.88. The monoisotopic (exact) mass is 262 g/mol. The Morgan fingerprint density at radius 3 is 3.00 bits per heavy atom. The number of hydrogen-bond donors (Lipinski definition) is 0. The highest BCUT2D eigenvalue weighted by atomic mass is 16.5. The Bertz CT molecular complexity index is 486. The maximum absolute atomic E-state index is 11.7. The molecule has 0 bridgehead atoms. The molecule has 5 heteroatoms. The van der Waals surface area contributed by atoms with Gasteiger partial charge >= 0.3 is 5.97 Å². The van der Waals surface area contributed by atoms with Gasteiger partial charge < -0.3 is 9.47 Å². The minimum atomic E-state index is -0.302. The van der Waals surface area contributed by atoms with Gasteiger partial charge in [-0.2, -0.15) is 5.10 Å². The summed E-state index contributed by atoms with van der Waals surface area (Å²) in [7, 11) is 3.08. The van der Waals surface area contributed by atoms with E-state index in [1.807, 2.05) is 23.4 Å². The van der Waals surface area contributed by atoms with Crippen molar-refractivity contribution >= 4 is 17.9 Å². The van der Waals surface area contributed by atoms with E-state index in [0.29, 0.717) is 18.6 Å². The molecule has 2 rings (SSSR count). The first kappa shape index (κ1) is 13.5. The molecule has 102 valence electrons. The van der Waals surface area contributed by atoms with Crippen molar-refractivity contribution in [3.63, 3.8) is 0 Å². The summed E-state index contributed by atoms with van der Waals surface area (Å²) in [4.78, 5) is 11.7. The van der Waals surface area contributed by atoms with E-state index in [1.54, 1.807) is 13.2 Å². The first-order valence-corrected chi connectivity index (χ1v) is 6.27. The van der Waals surface area contributed by atoms with Crippen LogP contribution in [0.4, 0.5) is 5.69 Å². The molecule has 0 radical (unpaired) electrons. The van der Waals surface area contributed by atoms with Crippen LogP contribution in [-0.2, 0) is 15.9 Å². The fourth-order valence-corrected chi connectivity index (χ4v) is 2.16. The van der Waals surface area contributed by atoms with E-state index in [1.165, 1.54) is 7.11 Å². The van der Waals surface area contributed by atoms with Crippen molar-refractivity contribution in [2.24, 2.45) is 5.10 Å². The van der Waals surface area contributed by atoms with Gasteiger partial charge in [0, 0.05) is 32.9 Å². The molecule has 19 heavy (non-hydrogen) atoms. The first-order chi connectivity index (χ1) is 9.27. The maximum atomic E-state index is 11.7. The van der Waals surface area contributed by atoms with Crippen LogP contribution < -0.4 is 5.01 Å². The van der Waals surface area contributed by atoms with Gasteiger partial charge in [0.25, 0.3) is 0 Å². The van der Waals surface area contributed by atoms with Crippen LogP contribution in [0.2, 0.25) is 0 Å². The molecule has 0 aliphatic carbocycles. The average Bonchev–Trinajstić information content (AvgIpc) is 2.46. The highest BCUT2D eigenvalue weighted by molar-refractivity contribution is 5.94. The second-order valence-corrected chi connectivity index (χ2v) is 4.27. The number of carbonyl (C=O) groups excluding carboxylic acids is 1. The Labute approximate surface area is 112 Å². The van der Waals surface area contributed by atoms with Gasteiger partial charge in [0.1, 0.15) is 0 Å². The number of hydrazone groups is 1. The molecule has 0 saturated carbocycles. The van der Waals surface area contributed by atoms with E-state index in [9.17, 15) is 4.79 Å². The van der Waals surface area contributed by atoms with Gasteiger partial charge in [-0.15, -0.1) is 0 Å². The predicted molar refractivity (Wildman–Crippen MR) is 73.8 cm³/mol. The zero-order valence-corrected chi connectivity index (χ0v) is 11.3. The van der Waals surface area contributed by atoms with E-state index >= 15 is 0 Å². The number of carbonyl (C=O) groups is 1. The normalized spacial score (nSPS) is 13.3. The van der Waals surface area contributed by atoms with Crippen molar-refractivity contribution in [1.29, 1.82) is 0 Å². The number of hydrogen-bond acceptors (Lipinski definition) is 5. The van der Waals surface area contributed by atoms with E-state index < -0.39 is 0 Å². The van der Waals surface area contributed by atoms with Gasteiger partial charge in [0.2, 0.25) is 0 Å². The van der Waals surface area contributed by atoms with Gasteiger partial charge in [-0.05, 0) is 24.1 Å². The Morgan fingerprint density at radius 1 is 1.42 bits per heavy atom. The second-order valence-electron chi connectivity index (χ2n) is 4.27. The zero-order valence-electron chi connectivity index (χ0n) is 11.3. The minimum absolute atomic E-state index is 0.302. The topological polar surface area (TPSA) is 51.1 Å². The summed E-state index contributed by atoms with van der Waals surface area (Å²) < 4.78 is 9.86. The second kappa shape index (κ2) is 6.33. The molecule has 0 spiro atoms. The molecule has 1 aromatic rings. The lowest BCUT2D eigenvalue weighted by molar-refractivity contribution is 0.0600. The number of rotatable bonds is 5. The van der Waals surface area contributed by atoms with Crippen LogP contribution in [0, 0.1) is 0 Å². The summed E-state index contributed by atoms with van der Waals surface area (Å²) in [5, 5.41) is 6.28. The molecule has 0 aromatic heterocycles. The number of esters is 1. The van der Waals surface area contributed by atoms with Crippen LogP contribution >= 0.6 is 0 Å². The van der Waals surface area contributed by atoms with Gasteiger partial charge in [-0.1, -0.05) is 6.07 Å². The molecular weight excluding hydrogens is 244 g/mol. The Morgan fingerprint density at radius 2 is 2.26 bits per heavy atom. The summed E-state index contributed by atoms with van der Waals surface area (Å²) in [6.45, 7) is 1.46. The van der Waals surface area contributed by atoms with Crippen LogP contribution in [0.25, 0.3) is 0 Å². The van der Waals surface area contributed by atoms with E-state index in [4.69, 9.17) is 9.47 Å². The fourth-order valence-electron chi connectivity index (χ4n) is 2.16. The van der Waals surface area contributed by atoms with Gasteiger partial charge in [0.05, 0.1) is 18.4 Å². The van der Waals surface area contributed by atoms with Crippen LogP contribution in [0.5, 0.6) is 0 Å². The third-order valence-corrected chi connectivity index (χ3v) is 3.07. The molecule has 5 nitrogen and oxygen atoms in total. The number of ether oxygens (including phenoxy) is 2. The number of benzene rings is 1. The van der Waals surface area contributed by atoms with Crippen LogP contribution in [0.1, 0.15) is 22.3 Å². The molecule has 1 aliphatic rings. The van der Waals surface area contributed by atoms with Crippen molar-refractivity contribution in [3.05, 3.63) is 29.3 Å². The first-order valence-electron chi connectivity index (χ1n) is 6.27. The lowest BCUT2D eigenvalue weighted by Gasteiger charge is -2.26. The smallest absolute Gasteiger partial charge is 0.338 e. The lowest BCUT2D eigenvalue weighted by Crippen LogP contribution is -2.25. The minimum Gasteiger partial charge on any atom is -0.465 e. The number of nitrogens with zero attached hydrogens (tertiary/aromatic N) is 2. The fraction of sp³-hybridized carbons (Fsp3) is 0.429. The van der Waals surface area contributed by atoms with E-state index in [0.717, 1.165) is 24.2 Å². The average molecular weight is 262 g/mol. The van der Waals surface area contributed by atoms with Crippen LogP contribution in [0.15, 0.2) is 23.3 Å². The largest absolute Gasteiger partial charge is 0.465 e. The molecule has 1 aromatic carbocycles. The lowest BCUT2D eigenvalue weighted by atomic mass is 10.0. The molecule has 1 heterocycles. The highest BCUT2D eigenvalue weighted by Crippen LogP contribution is 2.28. The Balaban J connectivity index is 2.24. The standard InChI is InChI=1S/C14H18N2O3/c1-18-10-4-9-16-13-6-3-5-12(14(17)19-2)11(13)7-8-15-16/h3,5-6,8H,4,7,9-10H2,1-2H3. The number of fused-ring (bicyclic) bond motifs is 1. The summed E-state index contributed by atoms with van der Waals surface area (Å²) in [6, 6.07) is 5.62. The Kier molecular flexibility index (Phi) is 4.52.